The Labute approximate surface area is 97.7 Å². The van der Waals surface area contributed by atoms with E-state index in [0.717, 1.165) is 6.54 Å². The SMILES string of the molecule is CC1CCCC(C)N1N1CC(CN)CC1=O. The van der Waals surface area contributed by atoms with E-state index in [0.29, 0.717) is 31.0 Å². The first-order valence-corrected chi connectivity index (χ1v) is 6.42. The van der Waals surface area contributed by atoms with E-state index < -0.39 is 0 Å². The highest BCUT2D eigenvalue weighted by Gasteiger charge is 2.38. The lowest BCUT2D eigenvalue weighted by Crippen LogP contribution is -2.55. The quantitative estimate of drug-likeness (QED) is 0.762. The summed E-state index contributed by atoms with van der Waals surface area (Å²) in [6.07, 6.45) is 4.30. The van der Waals surface area contributed by atoms with Gasteiger partial charge in [0.15, 0.2) is 0 Å². The highest BCUT2D eigenvalue weighted by atomic mass is 16.2. The summed E-state index contributed by atoms with van der Waals surface area (Å²) in [4.78, 5) is 12.0. The standard InChI is InChI=1S/C12H23N3O/c1-9-4-3-5-10(2)15(9)14-8-11(7-13)6-12(14)16/h9-11H,3-8,13H2,1-2H3. The molecule has 0 aromatic heterocycles. The van der Waals surface area contributed by atoms with Gasteiger partial charge in [0.1, 0.15) is 0 Å². The average molecular weight is 225 g/mol. The van der Waals surface area contributed by atoms with E-state index in [9.17, 15) is 4.79 Å². The van der Waals surface area contributed by atoms with Gasteiger partial charge in [0.25, 0.3) is 0 Å². The van der Waals surface area contributed by atoms with E-state index in [-0.39, 0.29) is 5.91 Å². The molecule has 92 valence electrons. The van der Waals surface area contributed by atoms with Gasteiger partial charge in [-0.3, -0.25) is 9.80 Å². The van der Waals surface area contributed by atoms with Crippen LogP contribution in [-0.2, 0) is 4.79 Å². The zero-order chi connectivity index (χ0) is 11.7. The lowest BCUT2D eigenvalue weighted by atomic mass is 9.99. The lowest BCUT2D eigenvalue weighted by Gasteiger charge is -2.44. The summed E-state index contributed by atoms with van der Waals surface area (Å²) in [6, 6.07) is 0.980. The molecule has 2 aliphatic heterocycles. The number of hydrogen-bond acceptors (Lipinski definition) is 3. The Morgan fingerprint density at radius 2 is 1.94 bits per heavy atom. The first kappa shape index (κ1) is 11.9. The second-order valence-corrected chi connectivity index (χ2v) is 5.29. The fraction of sp³-hybridized carbons (Fsp3) is 0.917. The third kappa shape index (κ3) is 2.09. The van der Waals surface area contributed by atoms with Gasteiger partial charge in [-0.1, -0.05) is 6.42 Å². The monoisotopic (exact) mass is 225 g/mol. The smallest absolute Gasteiger partial charge is 0.237 e. The van der Waals surface area contributed by atoms with Crippen molar-refractivity contribution in [2.24, 2.45) is 11.7 Å². The molecule has 16 heavy (non-hydrogen) atoms. The van der Waals surface area contributed by atoms with Gasteiger partial charge >= 0.3 is 0 Å². The second kappa shape index (κ2) is 4.72. The zero-order valence-electron chi connectivity index (χ0n) is 10.4. The Balaban J connectivity index is 2.08. The molecule has 1 amide bonds. The van der Waals surface area contributed by atoms with Crippen molar-refractivity contribution in [3.05, 3.63) is 0 Å². The number of carbonyl (C=O) groups is 1. The van der Waals surface area contributed by atoms with Crippen molar-refractivity contribution in [3.8, 4) is 0 Å². The van der Waals surface area contributed by atoms with Crippen LogP contribution in [0.2, 0.25) is 0 Å². The predicted octanol–water partition coefficient (Wildman–Crippen LogP) is 0.972. The van der Waals surface area contributed by atoms with Gasteiger partial charge in [-0.05, 0) is 39.2 Å². The minimum absolute atomic E-state index is 0.260. The minimum atomic E-state index is 0.260. The van der Waals surface area contributed by atoms with E-state index in [2.05, 4.69) is 18.9 Å². The Morgan fingerprint density at radius 1 is 1.31 bits per heavy atom. The molecule has 4 heteroatoms. The van der Waals surface area contributed by atoms with E-state index in [1.54, 1.807) is 0 Å². The van der Waals surface area contributed by atoms with Crippen molar-refractivity contribution in [1.29, 1.82) is 0 Å². The molecule has 0 aliphatic carbocycles. The highest BCUT2D eigenvalue weighted by Crippen LogP contribution is 2.28. The maximum Gasteiger partial charge on any atom is 0.237 e. The summed E-state index contributed by atoms with van der Waals surface area (Å²) in [6.45, 7) is 5.89. The normalized spacial score (nSPS) is 37.1. The fourth-order valence-electron chi connectivity index (χ4n) is 3.03. The molecule has 0 aromatic carbocycles. The number of nitrogens with two attached hydrogens (primary N) is 1. The van der Waals surface area contributed by atoms with Crippen LogP contribution in [0.25, 0.3) is 0 Å². The zero-order valence-corrected chi connectivity index (χ0v) is 10.4. The lowest BCUT2D eigenvalue weighted by molar-refractivity contribution is -0.156. The highest BCUT2D eigenvalue weighted by molar-refractivity contribution is 5.78. The molecule has 2 heterocycles. The number of carbonyl (C=O) groups excluding carboxylic acids is 1. The molecule has 4 nitrogen and oxygen atoms in total. The summed E-state index contributed by atoms with van der Waals surface area (Å²) in [5, 5.41) is 4.26. The van der Waals surface area contributed by atoms with Crippen LogP contribution in [0, 0.1) is 5.92 Å². The Hall–Kier alpha value is -0.610. The van der Waals surface area contributed by atoms with Crippen molar-refractivity contribution in [2.45, 2.75) is 51.6 Å². The number of amides is 1. The number of rotatable bonds is 2. The maximum absolute atomic E-state index is 12.0. The molecule has 3 unspecified atom stereocenters. The summed E-state index contributed by atoms with van der Waals surface area (Å²) in [5.41, 5.74) is 5.66. The van der Waals surface area contributed by atoms with Crippen molar-refractivity contribution in [3.63, 3.8) is 0 Å². The molecule has 0 spiro atoms. The number of nitrogens with zero attached hydrogens (tertiary/aromatic N) is 2. The van der Waals surface area contributed by atoms with E-state index in [4.69, 9.17) is 5.73 Å². The van der Waals surface area contributed by atoms with E-state index in [1.807, 2.05) is 5.01 Å². The third-order valence-electron chi connectivity index (χ3n) is 3.94. The second-order valence-electron chi connectivity index (χ2n) is 5.29. The summed E-state index contributed by atoms with van der Waals surface area (Å²) in [5.74, 6) is 0.616. The molecular weight excluding hydrogens is 202 g/mol. The summed E-state index contributed by atoms with van der Waals surface area (Å²) in [7, 11) is 0. The Morgan fingerprint density at radius 3 is 2.44 bits per heavy atom. The van der Waals surface area contributed by atoms with Crippen molar-refractivity contribution < 1.29 is 4.79 Å². The molecule has 0 bridgehead atoms. The molecule has 2 saturated heterocycles. The predicted molar refractivity (Wildman–Crippen MR) is 63.5 cm³/mol. The fourth-order valence-corrected chi connectivity index (χ4v) is 3.03. The van der Waals surface area contributed by atoms with Gasteiger partial charge in [0, 0.05) is 25.0 Å². The number of hydrogen-bond donors (Lipinski definition) is 1. The maximum atomic E-state index is 12.0. The van der Waals surface area contributed by atoms with Gasteiger partial charge in [0.05, 0.1) is 0 Å². The van der Waals surface area contributed by atoms with Crippen LogP contribution in [-0.4, -0.2) is 41.1 Å². The van der Waals surface area contributed by atoms with Gasteiger partial charge in [0.2, 0.25) is 5.91 Å². The number of piperidine rings is 1. The average Bonchev–Trinajstić information content (AvgIpc) is 2.60. The molecule has 2 rings (SSSR count). The Bertz CT molecular complexity index is 259. The molecule has 2 fully saturated rings. The molecule has 2 aliphatic rings. The summed E-state index contributed by atoms with van der Waals surface area (Å²) >= 11 is 0. The topological polar surface area (TPSA) is 49.6 Å². The molecule has 0 saturated carbocycles. The molecular formula is C12H23N3O. The van der Waals surface area contributed by atoms with Crippen LogP contribution < -0.4 is 5.73 Å². The Kier molecular flexibility index (Phi) is 3.50. The summed E-state index contributed by atoms with van der Waals surface area (Å²) < 4.78 is 0. The van der Waals surface area contributed by atoms with Gasteiger partial charge < -0.3 is 5.73 Å². The van der Waals surface area contributed by atoms with Gasteiger partial charge in [-0.15, -0.1) is 0 Å². The van der Waals surface area contributed by atoms with Crippen molar-refractivity contribution in [1.82, 2.24) is 10.0 Å². The van der Waals surface area contributed by atoms with Crippen LogP contribution in [0.15, 0.2) is 0 Å². The molecule has 0 aromatic rings. The molecule has 3 atom stereocenters. The largest absolute Gasteiger partial charge is 0.330 e. The third-order valence-corrected chi connectivity index (χ3v) is 3.94. The molecule has 0 radical (unpaired) electrons. The van der Waals surface area contributed by atoms with Gasteiger partial charge in [-0.25, -0.2) is 5.01 Å². The first-order chi connectivity index (χ1) is 7.63. The molecule has 2 N–H and O–H groups in total. The van der Waals surface area contributed by atoms with Crippen LogP contribution in [0.5, 0.6) is 0 Å². The first-order valence-electron chi connectivity index (χ1n) is 6.42. The number of hydrazine groups is 1. The minimum Gasteiger partial charge on any atom is -0.330 e. The van der Waals surface area contributed by atoms with Crippen LogP contribution in [0.3, 0.4) is 0 Å². The van der Waals surface area contributed by atoms with E-state index >= 15 is 0 Å². The van der Waals surface area contributed by atoms with Crippen molar-refractivity contribution in [2.75, 3.05) is 13.1 Å². The van der Waals surface area contributed by atoms with Crippen molar-refractivity contribution >= 4 is 5.91 Å². The van der Waals surface area contributed by atoms with E-state index in [1.165, 1.54) is 19.3 Å². The van der Waals surface area contributed by atoms with Crippen LogP contribution in [0.4, 0.5) is 0 Å². The van der Waals surface area contributed by atoms with Crippen LogP contribution in [0.1, 0.15) is 39.5 Å². The van der Waals surface area contributed by atoms with Crippen LogP contribution >= 0.6 is 0 Å². The van der Waals surface area contributed by atoms with Gasteiger partial charge in [-0.2, -0.15) is 0 Å².